The van der Waals surface area contributed by atoms with E-state index in [-0.39, 0.29) is 31.0 Å². The van der Waals surface area contributed by atoms with Crippen LogP contribution in [0.5, 0.6) is 0 Å². The van der Waals surface area contributed by atoms with Gasteiger partial charge in [0.25, 0.3) is 0 Å². The summed E-state index contributed by atoms with van der Waals surface area (Å²) >= 11 is 0. The molecule has 224 valence electrons. The number of hydrogen-bond donors (Lipinski definition) is 5. The number of carbonyl (C=O) groups excluding carboxylic acids is 3. The molecule has 0 aliphatic heterocycles. The van der Waals surface area contributed by atoms with Gasteiger partial charge in [-0.3, -0.25) is 4.79 Å². The number of alkyl carbamates (subject to hydrolysis) is 1. The molecular formula is C28H42F2N4O6. The fourth-order valence-electron chi connectivity index (χ4n) is 4.55. The lowest BCUT2D eigenvalue weighted by Gasteiger charge is -2.27. The van der Waals surface area contributed by atoms with Crippen LogP contribution in [0.4, 0.5) is 18.4 Å². The first kappa shape index (κ1) is 32.8. The van der Waals surface area contributed by atoms with Crippen molar-refractivity contribution in [2.75, 3.05) is 6.54 Å². The van der Waals surface area contributed by atoms with Gasteiger partial charge in [0.05, 0.1) is 0 Å². The van der Waals surface area contributed by atoms with Crippen molar-refractivity contribution in [3.8, 4) is 0 Å². The number of urea groups is 1. The topological polar surface area (TPSA) is 146 Å². The molecule has 0 aromatic heterocycles. The Labute approximate surface area is 234 Å². The van der Waals surface area contributed by atoms with Crippen LogP contribution in [0.15, 0.2) is 18.2 Å². The first-order chi connectivity index (χ1) is 18.8. The maximum absolute atomic E-state index is 14.0. The van der Waals surface area contributed by atoms with E-state index in [4.69, 9.17) is 4.74 Å². The first-order valence-corrected chi connectivity index (χ1v) is 13.8. The van der Waals surface area contributed by atoms with Crippen LogP contribution in [-0.4, -0.2) is 53.3 Å². The lowest BCUT2D eigenvalue weighted by atomic mass is 9.84. The van der Waals surface area contributed by atoms with Gasteiger partial charge in [0.2, 0.25) is 5.91 Å². The highest BCUT2D eigenvalue weighted by molar-refractivity contribution is 5.88. The number of carboxylic acids is 1. The molecule has 0 saturated heterocycles. The molecule has 1 aromatic rings. The molecule has 1 aromatic carbocycles. The van der Waals surface area contributed by atoms with E-state index in [0.29, 0.717) is 19.3 Å². The third-order valence-electron chi connectivity index (χ3n) is 6.57. The zero-order chi connectivity index (χ0) is 29.7. The van der Waals surface area contributed by atoms with E-state index in [2.05, 4.69) is 21.3 Å². The second-order valence-corrected chi connectivity index (χ2v) is 11.2. The molecule has 1 aliphatic rings. The van der Waals surface area contributed by atoms with Gasteiger partial charge in [-0.2, -0.15) is 0 Å². The van der Waals surface area contributed by atoms with E-state index in [9.17, 15) is 33.1 Å². The van der Waals surface area contributed by atoms with Crippen molar-refractivity contribution in [1.82, 2.24) is 21.3 Å². The first-order valence-electron chi connectivity index (χ1n) is 13.8. The zero-order valence-corrected chi connectivity index (χ0v) is 23.5. The summed E-state index contributed by atoms with van der Waals surface area (Å²) in [6.45, 7) is 5.33. The molecule has 0 bridgehead atoms. The highest BCUT2D eigenvalue weighted by Gasteiger charge is 2.28. The molecule has 2 atom stereocenters. The minimum absolute atomic E-state index is 0.0997. The number of amides is 4. The van der Waals surface area contributed by atoms with Crippen LogP contribution in [0, 0.1) is 17.6 Å². The Morgan fingerprint density at radius 2 is 1.68 bits per heavy atom. The van der Waals surface area contributed by atoms with E-state index in [1.54, 1.807) is 20.8 Å². The standard InChI is InChI=1S/C28H42F2N4O6/c1-28(2,3)40-27(39)31-14-8-7-11-22(25(36)37)33-26(38)34-23(15-18-9-5-4-6-10-18)24(35)32-17-19-12-13-20(29)16-21(19)30/h12-13,16,18,22-23H,4-11,14-15,17H2,1-3H3,(H,31,39)(H,32,35)(H,36,37)(H2,33,34,38)/t22-,23+/m0/s1. The molecule has 1 saturated carbocycles. The molecular weight excluding hydrogens is 526 g/mol. The molecule has 1 fully saturated rings. The van der Waals surface area contributed by atoms with Crippen LogP contribution < -0.4 is 21.3 Å². The van der Waals surface area contributed by atoms with E-state index in [1.807, 2.05) is 0 Å². The Morgan fingerprint density at radius 1 is 1.00 bits per heavy atom. The van der Waals surface area contributed by atoms with Crippen LogP contribution in [0.25, 0.3) is 0 Å². The van der Waals surface area contributed by atoms with Gasteiger partial charge >= 0.3 is 18.1 Å². The van der Waals surface area contributed by atoms with Crippen molar-refractivity contribution in [3.63, 3.8) is 0 Å². The number of nitrogens with one attached hydrogen (secondary N) is 4. The van der Waals surface area contributed by atoms with Crippen molar-refractivity contribution in [1.29, 1.82) is 0 Å². The average molecular weight is 569 g/mol. The quantitative estimate of drug-likeness (QED) is 0.224. The Kier molecular flexibility index (Phi) is 13.1. The van der Waals surface area contributed by atoms with Crippen molar-refractivity contribution < 1.29 is 37.8 Å². The summed E-state index contributed by atoms with van der Waals surface area (Å²) in [7, 11) is 0. The SMILES string of the molecule is CC(C)(C)OC(=O)NCCCC[C@H](NC(=O)N[C@H](CC1CCCCC1)C(=O)NCc1ccc(F)cc1F)C(=O)O. The summed E-state index contributed by atoms with van der Waals surface area (Å²) in [6, 6.07) is 0.0965. The number of unbranched alkanes of at least 4 members (excludes halogenated alkanes) is 1. The molecule has 40 heavy (non-hydrogen) atoms. The summed E-state index contributed by atoms with van der Waals surface area (Å²) < 4.78 is 32.3. The summed E-state index contributed by atoms with van der Waals surface area (Å²) in [6.07, 6.45) is 5.76. The van der Waals surface area contributed by atoms with Crippen LogP contribution in [0.2, 0.25) is 0 Å². The summed E-state index contributed by atoms with van der Waals surface area (Å²) in [5.41, 5.74) is -0.527. The highest BCUT2D eigenvalue weighted by atomic mass is 19.1. The summed E-state index contributed by atoms with van der Waals surface area (Å²) in [5, 5.41) is 19.8. The van der Waals surface area contributed by atoms with Gasteiger partial charge in [-0.1, -0.05) is 38.2 Å². The molecule has 1 aliphatic carbocycles. The zero-order valence-electron chi connectivity index (χ0n) is 23.5. The van der Waals surface area contributed by atoms with Gasteiger partial charge in [0, 0.05) is 24.7 Å². The van der Waals surface area contributed by atoms with E-state index in [0.717, 1.165) is 44.2 Å². The summed E-state index contributed by atoms with van der Waals surface area (Å²) in [4.78, 5) is 49.2. The lowest BCUT2D eigenvalue weighted by Crippen LogP contribution is -2.53. The summed E-state index contributed by atoms with van der Waals surface area (Å²) in [5.74, 6) is -3.08. The fourth-order valence-corrected chi connectivity index (χ4v) is 4.55. The van der Waals surface area contributed by atoms with Crippen LogP contribution in [0.3, 0.4) is 0 Å². The predicted molar refractivity (Wildman–Crippen MR) is 144 cm³/mol. The Balaban J connectivity index is 1.90. The number of benzene rings is 1. The largest absolute Gasteiger partial charge is 0.480 e. The molecule has 12 heteroatoms. The fraction of sp³-hybridized carbons (Fsp3) is 0.643. The van der Waals surface area contributed by atoms with Gasteiger partial charge in [-0.15, -0.1) is 0 Å². The molecule has 0 unspecified atom stereocenters. The molecule has 5 N–H and O–H groups in total. The molecule has 0 spiro atoms. The van der Waals surface area contributed by atoms with Gasteiger partial charge in [-0.25, -0.2) is 23.2 Å². The number of carboxylic acid groups (broad SMARTS) is 1. The number of hydrogen-bond acceptors (Lipinski definition) is 5. The third kappa shape index (κ3) is 12.6. The minimum Gasteiger partial charge on any atom is -0.480 e. The number of halogens is 2. The number of rotatable bonds is 13. The monoisotopic (exact) mass is 568 g/mol. The maximum atomic E-state index is 14.0. The van der Waals surface area contributed by atoms with Gasteiger partial charge in [0.1, 0.15) is 29.3 Å². The molecule has 4 amide bonds. The average Bonchev–Trinajstić information content (AvgIpc) is 2.86. The second-order valence-electron chi connectivity index (χ2n) is 11.2. The Bertz CT molecular complexity index is 1010. The number of carbonyl (C=O) groups is 4. The van der Waals surface area contributed by atoms with Crippen molar-refractivity contribution in [2.24, 2.45) is 5.92 Å². The molecule has 2 rings (SSSR count). The molecule has 0 radical (unpaired) electrons. The number of ether oxygens (including phenoxy) is 1. The lowest BCUT2D eigenvalue weighted by molar-refractivity contribution is -0.139. The van der Waals surface area contributed by atoms with E-state index in [1.165, 1.54) is 6.07 Å². The predicted octanol–water partition coefficient (Wildman–Crippen LogP) is 4.37. The van der Waals surface area contributed by atoms with E-state index >= 15 is 0 Å². The van der Waals surface area contributed by atoms with Crippen LogP contribution >= 0.6 is 0 Å². The molecule has 0 heterocycles. The van der Waals surface area contributed by atoms with Crippen molar-refractivity contribution >= 4 is 24.0 Å². The highest BCUT2D eigenvalue weighted by Crippen LogP contribution is 2.27. The third-order valence-corrected chi connectivity index (χ3v) is 6.57. The maximum Gasteiger partial charge on any atom is 0.407 e. The van der Waals surface area contributed by atoms with Gasteiger partial charge in [-0.05, 0) is 58.4 Å². The van der Waals surface area contributed by atoms with Gasteiger partial charge in [0.15, 0.2) is 0 Å². The smallest absolute Gasteiger partial charge is 0.407 e. The van der Waals surface area contributed by atoms with Crippen LogP contribution in [0.1, 0.15) is 84.1 Å². The Morgan fingerprint density at radius 3 is 2.30 bits per heavy atom. The van der Waals surface area contributed by atoms with E-state index < -0.39 is 53.3 Å². The molecule has 10 nitrogen and oxygen atoms in total. The number of aliphatic carboxylic acids is 1. The van der Waals surface area contributed by atoms with Crippen molar-refractivity contribution in [3.05, 3.63) is 35.4 Å². The minimum atomic E-state index is -1.23. The second kappa shape index (κ2) is 16.0. The van der Waals surface area contributed by atoms with Crippen LogP contribution in [-0.2, 0) is 20.9 Å². The normalized spacial score (nSPS) is 15.4. The Hall–Kier alpha value is -3.44. The van der Waals surface area contributed by atoms with Gasteiger partial charge < -0.3 is 31.1 Å². The van der Waals surface area contributed by atoms with Crippen molar-refractivity contribution in [2.45, 2.75) is 103 Å².